The van der Waals surface area contributed by atoms with E-state index in [2.05, 4.69) is 29.9 Å². The number of hydrogen-bond donors (Lipinski definition) is 5. The molecule has 7 N–H and O–H groups in total. The largest absolute Gasteiger partial charge is 0.534 e. The molecule has 0 radical (unpaired) electrons. The highest BCUT2D eigenvalue weighted by Crippen LogP contribution is 2.50. The second-order valence-electron chi connectivity index (χ2n) is 9.81. The maximum atomic E-state index is 15.7. The van der Waals surface area contributed by atoms with Crippen LogP contribution in [-0.2, 0) is 32.4 Å². The predicted molar refractivity (Wildman–Crippen MR) is 144 cm³/mol. The van der Waals surface area contributed by atoms with Gasteiger partial charge in [0.15, 0.2) is 47.7 Å². The summed E-state index contributed by atoms with van der Waals surface area (Å²) in [5.74, 6) is 0.0326. The van der Waals surface area contributed by atoms with Crippen molar-refractivity contribution in [3.05, 3.63) is 25.3 Å². The summed E-state index contributed by atoms with van der Waals surface area (Å²) in [5, 5.41) is 9.80. The first kappa shape index (κ1) is 31.5. The van der Waals surface area contributed by atoms with Crippen molar-refractivity contribution < 1.29 is 56.1 Å². The van der Waals surface area contributed by atoms with Gasteiger partial charge in [0, 0.05) is 0 Å². The molecule has 4 aromatic rings. The van der Waals surface area contributed by atoms with Crippen LogP contribution in [0.1, 0.15) is 12.5 Å². The minimum Gasteiger partial charge on any atom is -0.394 e. The van der Waals surface area contributed by atoms with Gasteiger partial charge in [-0.2, -0.15) is 4.89 Å². The quantitative estimate of drug-likeness (QED) is 0.129. The van der Waals surface area contributed by atoms with Gasteiger partial charge in [-0.1, -0.05) is 0 Å². The van der Waals surface area contributed by atoms with Gasteiger partial charge in [-0.3, -0.25) is 18.2 Å². The SMILES string of the molecule is Nc1ncnc2c1ncn2[C@@H]1O[C@H](CO)C(OP(=O)(O)OC[C@H]2O[C@@H](n3cnc4c(N)ncnc43)C(F)[C@H]2OC[P+](=O)O)C1F. The van der Waals surface area contributed by atoms with Gasteiger partial charge in [-0.25, -0.2) is 43.2 Å². The van der Waals surface area contributed by atoms with E-state index in [-0.39, 0.29) is 34.0 Å². The maximum absolute atomic E-state index is 15.7. The Kier molecular flexibility index (Phi) is 8.69. The Morgan fingerprint density at radius 1 is 0.911 bits per heavy atom. The van der Waals surface area contributed by atoms with Crippen LogP contribution in [0.2, 0.25) is 0 Å². The van der Waals surface area contributed by atoms with Gasteiger partial charge >= 0.3 is 15.9 Å². The molecule has 2 aliphatic heterocycles. The van der Waals surface area contributed by atoms with Gasteiger partial charge < -0.3 is 35.7 Å². The summed E-state index contributed by atoms with van der Waals surface area (Å²) in [6.07, 6.45) is -9.66. The fraction of sp³-hybridized carbons (Fsp3) is 0.524. The number of nitrogens with two attached hydrogens (primary N) is 2. The third-order valence-electron chi connectivity index (χ3n) is 7.07. The molecule has 0 spiro atoms. The number of ether oxygens (including phenoxy) is 3. The van der Waals surface area contributed by atoms with Crippen LogP contribution >= 0.6 is 15.9 Å². The maximum Gasteiger partial charge on any atom is 0.534 e. The van der Waals surface area contributed by atoms with Crippen LogP contribution in [0.15, 0.2) is 25.3 Å². The average Bonchev–Trinajstić information content (AvgIpc) is 3.76. The van der Waals surface area contributed by atoms with Crippen LogP contribution in [0.5, 0.6) is 0 Å². The van der Waals surface area contributed by atoms with Crippen LogP contribution in [-0.4, -0.2) is 110 Å². The van der Waals surface area contributed by atoms with E-state index in [0.29, 0.717) is 0 Å². The third kappa shape index (κ3) is 5.97. The molecule has 0 aliphatic carbocycles. The molecule has 242 valence electrons. The zero-order valence-electron chi connectivity index (χ0n) is 22.6. The molecule has 2 saturated heterocycles. The molecule has 0 amide bonds. The second kappa shape index (κ2) is 12.4. The van der Waals surface area contributed by atoms with Crippen molar-refractivity contribution in [3.8, 4) is 0 Å². The molecule has 6 rings (SSSR count). The van der Waals surface area contributed by atoms with E-state index in [1.807, 2.05) is 0 Å². The van der Waals surface area contributed by atoms with Gasteiger partial charge in [0.25, 0.3) is 6.35 Å². The summed E-state index contributed by atoms with van der Waals surface area (Å²) < 4.78 is 84.6. The van der Waals surface area contributed by atoms with E-state index in [1.54, 1.807) is 0 Å². The molecule has 2 aliphatic rings. The summed E-state index contributed by atoms with van der Waals surface area (Å²) >= 11 is 0. The molecule has 5 unspecified atom stereocenters. The summed E-state index contributed by atoms with van der Waals surface area (Å²) in [5.41, 5.74) is 12.1. The Labute approximate surface area is 250 Å². The summed E-state index contributed by atoms with van der Waals surface area (Å²) in [6, 6.07) is 0. The zero-order chi connectivity index (χ0) is 32.0. The molecule has 24 heteroatoms. The van der Waals surface area contributed by atoms with E-state index in [1.165, 1.54) is 17.2 Å². The lowest BCUT2D eigenvalue weighted by Crippen LogP contribution is -2.35. The van der Waals surface area contributed by atoms with Crippen LogP contribution in [0.3, 0.4) is 0 Å². The lowest BCUT2D eigenvalue weighted by molar-refractivity contribution is -0.0618. The molecule has 0 saturated carbocycles. The number of imidazole rings is 2. The first-order chi connectivity index (χ1) is 21.5. The summed E-state index contributed by atoms with van der Waals surface area (Å²) in [6.45, 7) is -1.67. The molecular formula is C21H25F2N10O10P2+. The number of rotatable bonds is 11. The van der Waals surface area contributed by atoms with Crippen molar-refractivity contribution in [1.29, 1.82) is 0 Å². The Hall–Kier alpha value is -3.43. The minimum atomic E-state index is -5.17. The number of hydrogen-bond acceptors (Lipinski definition) is 16. The van der Waals surface area contributed by atoms with Gasteiger partial charge in [-0.05, 0) is 4.57 Å². The minimum absolute atomic E-state index is 0.0135. The smallest absolute Gasteiger partial charge is 0.394 e. The second-order valence-corrected chi connectivity index (χ2v) is 12.2. The Morgan fingerprint density at radius 2 is 1.44 bits per heavy atom. The van der Waals surface area contributed by atoms with Gasteiger partial charge in [0.2, 0.25) is 0 Å². The lowest BCUT2D eigenvalue weighted by atomic mass is 10.1. The number of aromatic nitrogens is 8. The summed E-state index contributed by atoms with van der Waals surface area (Å²) in [4.78, 5) is 43.5. The molecule has 0 aromatic carbocycles. The molecular weight excluding hydrogens is 652 g/mol. The molecule has 6 heterocycles. The number of fused-ring (bicyclic) bond motifs is 2. The van der Waals surface area contributed by atoms with Crippen molar-refractivity contribution in [1.82, 2.24) is 39.0 Å². The average molecular weight is 677 g/mol. The molecule has 4 aromatic heterocycles. The van der Waals surface area contributed by atoms with Crippen molar-refractivity contribution in [3.63, 3.8) is 0 Å². The molecule has 20 nitrogen and oxygen atoms in total. The van der Waals surface area contributed by atoms with Crippen LogP contribution in [0.25, 0.3) is 22.3 Å². The highest BCUT2D eigenvalue weighted by Gasteiger charge is 2.52. The number of phosphoric ester groups is 1. The molecule has 0 bridgehead atoms. The third-order valence-corrected chi connectivity index (χ3v) is 8.43. The first-order valence-corrected chi connectivity index (χ1v) is 15.8. The number of aliphatic hydroxyl groups is 1. The number of nitrogens with zero attached hydrogens (tertiary/aromatic N) is 8. The lowest BCUT2D eigenvalue weighted by Gasteiger charge is -2.23. The van der Waals surface area contributed by atoms with Crippen LogP contribution < -0.4 is 11.5 Å². The fourth-order valence-electron chi connectivity index (χ4n) is 5.06. The van der Waals surface area contributed by atoms with Crippen LogP contribution in [0, 0.1) is 0 Å². The van der Waals surface area contributed by atoms with Gasteiger partial charge in [0.1, 0.15) is 48.1 Å². The Balaban J connectivity index is 1.18. The summed E-state index contributed by atoms with van der Waals surface area (Å²) in [7, 11) is -8.03. The van der Waals surface area contributed by atoms with Crippen molar-refractivity contribution in [2.24, 2.45) is 0 Å². The standard InChI is InChI=1S/C21H24F2N10O10P2/c22-10-14(39-7-44(35)36)9(42-20(10)32-5-30-12-16(24)26-3-28-18(12)32)2-40-45(37,38)43-15-8(1-34)41-21(11(15)23)33-6-31-13-17(25)27-4-29-19(13)33/h3-6,8-11,14-15,20-21,34H,1-2,7H2,(H5-,24,25,26,27,28,29,35,36,37,38)/p+1/t8-,9-,10?,11?,14+,15?,20-,21-/m1/s1. The van der Waals surface area contributed by atoms with Gasteiger partial charge in [0.05, 0.1) is 25.9 Å². The number of nitrogen functional groups attached to an aromatic ring is 2. The van der Waals surface area contributed by atoms with E-state index < -0.39 is 84.6 Å². The van der Waals surface area contributed by atoms with Crippen molar-refractivity contribution in [2.45, 2.75) is 49.2 Å². The number of alkyl halides is 2. The highest BCUT2D eigenvalue weighted by molar-refractivity contribution is 7.47. The van der Waals surface area contributed by atoms with E-state index in [4.69, 9.17) is 34.7 Å². The monoisotopic (exact) mass is 677 g/mol. The van der Waals surface area contributed by atoms with Crippen molar-refractivity contribution in [2.75, 3.05) is 31.0 Å². The fourth-order valence-corrected chi connectivity index (χ4v) is 6.31. The van der Waals surface area contributed by atoms with Gasteiger partial charge in [-0.15, -0.1) is 0 Å². The van der Waals surface area contributed by atoms with E-state index >= 15 is 8.78 Å². The number of phosphoric acid groups is 1. The topological polar surface area (TPSA) is 280 Å². The Morgan fingerprint density at radius 3 is 1.98 bits per heavy atom. The van der Waals surface area contributed by atoms with E-state index in [9.17, 15) is 24.0 Å². The number of anilines is 2. The number of halogens is 2. The number of aliphatic hydroxyl groups excluding tert-OH is 1. The van der Waals surface area contributed by atoms with Crippen molar-refractivity contribution >= 4 is 49.8 Å². The first-order valence-electron chi connectivity index (χ1n) is 13.0. The van der Waals surface area contributed by atoms with Crippen LogP contribution in [0.4, 0.5) is 20.4 Å². The molecule has 10 atom stereocenters. The molecule has 2 fully saturated rings. The predicted octanol–water partition coefficient (Wildman–Crippen LogP) is -0.127. The highest BCUT2D eigenvalue weighted by atomic mass is 31.2. The molecule has 45 heavy (non-hydrogen) atoms. The zero-order valence-corrected chi connectivity index (χ0v) is 24.4. The normalized spacial score (nSPS) is 30.3. The Bertz CT molecular complexity index is 1770. The van der Waals surface area contributed by atoms with E-state index in [0.717, 1.165) is 17.2 Å².